The van der Waals surface area contributed by atoms with E-state index in [0.717, 1.165) is 9.20 Å². The fourth-order valence-electron chi connectivity index (χ4n) is 1.96. The highest BCUT2D eigenvalue weighted by Crippen LogP contribution is 2.25. The molecule has 20 heavy (non-hydrogen) atoms. The number of para-hydroxylation sites is 1. The average Bonchev–Trinajstić information content (AvgIpc) is 2.73. The van der Waals surface area contributed by atoms with Crippen LogP contribution in [0, 0.1) is 0 Å². The third-order valence-corrected chi connectivity index (χ3v) is 6.29. The van der Waals surface area contributed by atoms with Gasteiger partial charge in [-0.3, -0.25) is 0 Å². The predicted octanol–water partition coefficient (Wildman–Crippen LogP) is -0.272. The number of hydrogen-bond donors (Lipinski definition) is 3. The monoisotopic (exact) mass is 318 g/mol. The molecule has 4 N–H and O–H groups in total. The van der Waals surface area contributed by atoms with Crippen molar-refractivity contribution in [3.05, 3.63) is 24.3 Å². The van der Waals surface area contributed by atoms with Crippen LogP contribution in [0.3, 0.4) is 0 Å². The summed E-state index contributed by atoms with van der Waals surface area (Å²) < 4.78 is 25.3. The third kappa shape index (κ3) is 3.64. The third-order valence-electron chi connectivity index (χ3n) is 3.14. The maximum atomic E-state index is 12.1. The summed E-state index contributed by atoms with van der Waals surface area (Å²) in [4.78, 5) is 0.851. The second kappa shape index (κ2) is 6.31. The minimum atomic E-state index is -3.46. The van der Waals surface area contributed by atoms with E-state index in [1.54, 1.807) is 6.07 Å². The molecule has 1 aliphatic heterocycles. The average molecular weight is 318 g/mol. The van der Waals surface area contributed by atoms with Gasteiger partial charge in [0.05, 0.1) is 18.0 Å². The van der Waals surface area contributed by atoms with Crippen molar-refractivity contribution in [2.45, 2.75) is 17.1 Å². The van der Waals surface area contributed by atoms with Crippen molar-refractivity contribution in [2.24, 2.45) is 0 Å². The fraction of sp³-hybridized carbons (Fsp3) is 0.500. The van der Waals surface area contributed by atoms with Crippen LogP contribution in [-0.2, 0) is 10.0 Å². The lowest BCUT2D eigenvalue weighted by atomic mass is 10.3. The van der Waals surface area contributed by atoms with E-state index in [2.05, 4.69) is 0 Å². The van der Waals surface area contributed by atoms with Gasteiger partial charge in [-0.2, -0.15) is 4.31 Å². The Balaban J connectivity index is 1.89. The molecule has 112 valence electrons. The van der Waals surface area contributed by atoms with Gasteiger partial charge in [0, 0.05) is 29.4 Å². The SMILES string of the molecule is Nc1ccccc1SCCS(=O)(=O)N1CC(O)C(O)C1. The Kier molecular flexibility index (Phi) is 4.92. The van der Waals surface area contributed by atoms with Crippen LogP contribution in [0.5, 0.6) is 0 Å². The largest absolute Gasteiger partial charge is 0.398 e. The molecule has 8 heteroatoms. The molecule has 1 aliphatic rings. The Bertz CT molecular complexity index is 554. The maximum Gasteiger partial charge on any atom is 0.215 e. The number of nitrogen functional groups attached to an aromatic ring is 1. The Morgan fingerprint density at radius 1 is 1.25 bits per heavy atom. The van der Waals surface area contributed by atoms with Crippen LogP contribution in [0.4, 0.5) is 5.69 Å². The molecule has 2 atom stereocenters. The van der Waals surface area contributed by atoms with Crippen molar-refractivity contribution in [1.82, 2.24) is 4.31 Å². The molecule has 1 aromatic carbocycles. The second-order valence-electron chi connectivity index (χ2n) is 4.65. The molecule has 1 saturated heterocycles. The number of aliphatic hydroxyl groups is 2. The normalized spacial score (nSPS) is 24.1. The number of thioether (sulfide) groups is 1. The van der Waals surface area contributed by atoms with Gasteiger partial charge in [-0.25, -0.2) is 8.42 Å². The molecule has 1 fully saturated rings. The minimum absolute atomic E-state index is 0.0400. The van der Waals surface area contributed by atoms with Crippen molar-refractivity contribution >= 4 is 27.5 Å². The fourth-order valence-corrected chi connectivity index (χ4v) is 4.78. The number of aliphatic hydroxyl groups excluding tert-OH is 2. The Morgan fingerprint density at radius 2 is 1.85 bits per heavy atom. The van der Waals surface area contributed by atoms with Crippen LogP contribution in [0.1, 0.15) is 0 Å². The van der Waals surface area contributed by atoms with E-state index < -0.39 is 22.2 Å². The van der Waals surface area contributed by atoms with Crippen molar-refractivity contribution in [3.8, 4) is 0 Å². The van der Waals surface area contributed by atoms with Gasteiger partial charge in [-0.05, 0) is 12.1 Å². The molecule has 2 rings (SSSR count). The molecule has 1 heterocycles. The van der Waals surface area contributed by atoms with Crippen molar-refractivity contribution < 1.29 is 18.6 Å². The quantitative estimate of drug-likeness (QED) is 0.510. The second-order valence-corrected chi connectivity index (χ2v) is 7.88. The van der Waals surface area contributed by atoms with Gasteiger partial charge >= 0.3 is 0 Å². The minimum Gasteiger partial charge on any atom is -0.398 e. The molecule has 1 aromatic rings. The van der Waals surface area contributed by atoms with E-state index in [0.29, 0.717) is 11.4 Å². The first-order chi connectivity index (χ1) is 9.40. The molecule has 2 unspecified atom stereocenters. The van der Waals surface area contributed by atoms with Crippen LogP contribution >= 0.6 is 11.8 Å². The number of benzene rings is 1. The number of nitrogens with zero attached hydrogens (tertiary/aromatic N) is 1. The zero-order valence-electron chi connectivity index (χ0n) is 10.8. The highest BCUT2D eigenvalue weighted by atomic mass is 32.2. The summed E-state index contributed by atoms with van der Waals surface area (Å²) >= 11 is 1.38. The first-order valence-electron chi connectivity index (χ1n) is 6.21. The number of anilines is 1. The summed E-state index contributed by atoms with van der Waals surface area (Å²) in [6, 6.07) is 7.28. The Hall–Kier alpha value is -0.800. The smallest absolute Gasteiger partial charge is 0.215 e. The van der Waals surface area contributed by atoms with Crippen LogP contribution in [0.2, 0.25) is 0 Å². The maximum absolute atomic E-state index is 12.1. The van der Waals surface area contributed by atoms with Gasteiger partial charge in [-0.15, -0.1) is 11.8 Å². The topological polar surface area (TPSA) is 104 Å². The van der Waals surface area contributed by atoms with E-state index in [1.807, 2.05) is 18.2 Å². The lowest BCUT2D eigenvalue weighted by Gasteiger charge is -2.15. The summed E-state index contributed by atoms with van der Waals surface area (Å²) in [5.74, 6) is 0.324. The molecular weight excluding hydrogens is 300 g/mol. The first kappa shape index (κ1) is 15.6. The molecule has 0 radical (unpaired) electrons. The predicted molar refractivity (Wildman–Crippen MR) is 79.0 cm³/mol. The zero-order valence-corrected chi connectivity index (χ0v) is 12.5. The van der Waals surface area contributed by atoms with Crippen LogP contribution in [0.25, 0.3) is 0 Å². The van der Waals surface area contributed by atoms with E-state index >= 15 is 0 Å². The van der Waals surface area contributed by atoms with Crippen molar-refractivity contribution in [1.29, 1.82) is 0 Å². The zero-order chi connectivity index (χ0) is 14.8. The van der Waals surface area contributed by atoms with Gasteiger partial charge in [0.2, 0.25) is 10.0 Å². The Morgan fingerprint density at radius 3 is 2.45 bits per heavy atom. The number of rotatable bonds is 5. The van der Waals surface area contributed by atoms with E-state index in [4.69, 9.17) is 5.73 Å². The molecule has 0 amide bonds. The number of nitrogens with two attached hydrogens (primary N) is 1. The standard InChI is InChI=1S/C12H18N2O4S2/c13-9-3-1-2-4-12(9)19-5-6-20(17,18)14-7-10(15)11(16)8-14/h1-4,10-11,15-16H,5-8,13H2. The number of hydrogen-bond acceptors (Lipinski definition) is 6. The molecule has 6 nitrogen and oxygen atoms in total. The van der Waals surface area contributed by atoms with Gasteiger partial charge in [0.25, 0.3) is 0 Å². The number of sulfonamides is 1. The van der Waals surface area contributed by atoms with Crippen LogP contribution in [0.15, 0.2) is 29.2 Å². The Labute approximate surface area is 122 Å². The first-order valence-corrected chi connectivity index (χ1v) is 8.81. The van der Waals surface area contributed by atoms with Crippen LogP contribution < -0.4 is 5.73 Å². The van der Waals surface area contributed by atoms with E-state index in [-0.39, 0.29) is 18.8 Å². The summed E-state index contributed by atoms with van der Waals surface area (Å²) in [5, 5.41) is 18.8. The molecule has 0 bridgehead atoms. The van der Waals surface area contributed by atoms with Gasteiger partial charge < -0.3 is 15.9 Å². The molecule has 0 saturated carbocycles. The van der Waals surface area contributed by atoms with Gasteiger partial charge in [0.15, 0.2) is 0 Å². The van der Waals surface area contributed by atoms with E-state index in [1.165, 1.54) is 11.8 Å². The van der Waals surface area contributed by atoms with Crippen LogP contribution in [-0.4, -0.2) is 59.7 Å². The summed E-state index contributed by atoms with van der Waals surface area (Å²) in [7, 11) is -3.46. The van der Waals surface area contributed by atoms with E-state index in [9.17, 15) is 18.6 Å². The highest BCUT2D eigenvalue weighted by molar-refractivity contribution is 8.00. The van der Waals surface area contributed by atoms with Gasteiger partial charge in [-0.1, -0.05) is 12.1 Å². The highest BCUT2D eigenvalue weighted by Gasteiger charge is 2.36. The number of β-amino-alcohol motifs (C(OH)–C–C–N with tert-alkyl or cyclic N) is 2. The lowest BCUT2D eigenvalue weighted by Crippen LogP contribution is -2.32. The van der Waals surface area contributed by atoms with Gasteiger partial charge in [0.1, 0.15) is 0 Å². The molecule has 0 aliphatic carbocycles. The lowest BCUT2D eigenvalue weighted by molar-refractivity contribution is 0.0572. The summed E-state index contributed by atoms with van der Waals surface area (Å²) in [5.41, 5.74) is 6.41. The molecular formula is C12H18N2O4S2. The van der Waals surface area contributed by atoms with Crippen molar-refractivity contribution in [3.63, 3.8) is 0 Å². The summed E-state index contributed by atoms with van der Waals surface area (Å²) in [6.45, 7) is -0.0801. The molecule has 0 aromatic heterocycles. The molecule has 0 spiro atoms. The van der Waals surface area contributed by atoms with Crippen molar-refractivity contribution in [2.75, 3.05) is 30.3 Å². The summed E-state index contributed by atoms with van der Waals surface area (Å²) in [6.07, 6.45) is -2.00.